The lowest BCUT2D eigenvalue weighted by molar-refractivity contribution is -0.385. The summed E-state index contributed by atoms with van der Waals surface area (Å²) in [5, 5.41) is 13.0. The molecule has 0 bridgehead atoms. The second kappa shape index (κ2) is 8.45. The third kappa shape index (κ3) is 4.11. The van der Waals surface area contributed by atoms with Crippen LogP contribution < -0.4 is 4.74 Å². The number of aryl methyl sites for hydroxylation is 2. The Balaban J connectivity index is 1.53. The molecule has 0 spiro atoms. The maximum Gasteiger partial charge on any atom is 0.311 e. The lowest BCUT2D eigenvalue weighted by Gasteiger charge is -2.09. The summed E-state index contributed by atoms with van der Waals surface area (Å²) in [7, 11) is 0. The first kappa shape index (κ1) is 20.2. The maximum atomic E-state index is 11.4. The van der Waals surface area contributed by atoms with Crippen LogP contribution in [0, 0.1) is 10.1 Å². The molecule has 2 aromatic carbocycles. The van der Waals surface area contributed by atoms with E-state index in [9.17, 15) is 10.1 Å². The number of nitro groups is 1. The summed E-state index contributed by atoms with van der Waals surface area (Å²) in [6, 6.07) is 14.0. The van der Waals surface area contributed by atoms with Gasteiger partial charge in [0.1, 0.15) is 10.7 Å². The highest BCUT2D eigenvalue weighted by atomic mass is 35.5. The van der Waals surface area contributed by atoms with E-state index in [2.05, 4.69) is 4.98 Å². The van der Waals surface area contributed by atoms with E-state index >= 15 is 0 Å². The predicted molar refractivity (Wildman–Crippen MR) is 124 cm³/mol. The summed E-state index contributed by atoms with van der Waals surface area (Å²) in [5.74, 6) is 1.75. The van der Waals surface area contributed by atoms with E-state index in [0.29, 0.717) is 22.5 Å². The van der Waals surface area contributed by atoms with Gasteiger partial charge in [-0.15, -0.1) is 23.1 Å². The van der Waals surface area contributed by atoms with Crippen LogP contribution in [0.25, 0.3) is 10.2 Å². The van der Waals surface area contributed by atoms with E-state index in [1.165, 1.54) is 16.5 Å². The molecule has 2 heterocycles. The van der Waals surface area contributed by atoms with Crippen molar-refractivity contribution in [2.24, 2.45) is 0 Å². The molecule has 0 saturated heterocycles. The Kier molecular flexibility index (Phi) is 5.52. The van der Waals surface area contributed by atoms with Crippen LogP contribution in [-0.4, -0.2) is 14.9 Å². The van der Waals surface area contributed by atoms with Gasteiger partial charge in [-0.05, 0) is 55.2 Å². The van der Waals surface area contributed by atoms with Crippen molar-refractivity contribution in [2.75, 3.05) is 0 Å². The summed E-state index contributed by atoms with van der Waals surface area (Å²) in [6.45, 7) is 0. The summed E-state index contributed by atoms with van der Waals surface area (Å²) in [4.78, 5) is 23.7. The molecule has 1 aliphatic carbocycles. The van der Waals surface area contributed by atoms with E-state index in [4.69, 9.17) is 21.3 Å². The van der Waals surface area contributed by atoms with E-state index in [0.717, 1.165) is 34.4 Å². The maximum absolute atomic E-state index is 11.4. The van der Waals surface area contributed by atoms with Crippen LogP contribution >= 0.6 is 34.7 Å². The number of ether oxygens (including phenoxy) is 1. The van der Waals surface area contributed by atoms with Crippen molar-refractivity contribution in [3.63, 3.8) is 0 Å². The van der Waals surface area contributed by atoms with Gasteiger partial charge in [-0.1, -0.05) is 23.7 Å². The zero-order chi connectivity index (χ0) is 21.4. The molecule has 6 nitrogen and oxygen atoms in total. The first-order valence-corrected chi connectivity index (χ1v) is 11.9. The van der Waals surface area contributed by atoms with Gasteiger partial charge < -0.3 is 4.74 Å². The molecule has 0 unspecified atom stereocenters. The van der Waals surface area contributed by atoms with Crippen molar-refractivity contribution in [1.29, 1.82) is 0 Å². The number of halogens is 1. The Bertz CT molecular complexity index is 1290. The van der Waals surface area contributed by atoms with Gasteiger partial charge in [0.2, 0.25) is 11.6 Å². The van der Waals surface area contributed by atoms with Gasteiger partial charge in [0.15, 0.2) is 0 Å². The highest BCUT2D eigenvalue weighted by molar-refractivity contribution is 7.98. The molecule has 0 aliphatic heterocycles. The minimum absolute atomic E-state index is 0.0850. The van der Waals surface area contributed by atoms with Crippen molar-refractivity contribution in [1.82, 2.24) is 9.97 Å². The Morgan fingerprint density at radius 1 is 1.13 bits per heavy atom. The third-order valence-corrected chi connectivity index (χ3v) is 7.47. The van der Waals surface area contributed by atoms with Crippen LogP contribution in [0.1, 0.15) is 22.7 Å². The quantitative estimate of drug-likeness (QED) is 0.175. The van der Waals surface area contributed by atoms with Gasteiger partial charge in [0.05, 0.1) is 16.1 Å². The van der Waals surface area contributed by atoms with Crippen LogP contribution in [0.3, 0.4) is 0 Å². The Labute approximate surface area is 191 Å². The molecule has 0 fully saturated rings. The number of hydrogen-bond donors (Lipinski definition) is 0. The topological polar surface area (TPSA) is 78.2 Å². The second-order valence-corrected chi connectivity index (χ2v) is 9.62. The van der Waals surface area contributed by atoms with Crippen molar-refractivity contribution < 1.29 is 9.66 Å². The number of nitro benzene ring substituents is 1. The van der Waals surface area contributed by atoms with Crippen LogP contribution in [0.4, 0.5) is 5.69 Å². The number of hydrogen-bond acceptors (Lipinski definition) is 7. The molecule has 0 amide bonds. The molecule has 1 aliphatic rings. The summed E-state index contributed by atoms with van der Waals surface area (Å²) >= 11 is 9.24. The smallest absolute Gasteiger partial charge is 0.311 e. The van der Waals surface area contributed by atoms with E-state index in [1.807, 2.05) is 24.3 Å². The Hall–Kier alpha value is -2.68. The molecule has 156 valence electrons. The van der Waals surface area contributed by atoms with Gasteiger partial charge in [0.25, 0.3) is 0 Å². The average molecular weight is 470 g/mol. The molecule has 31 heavy (non-hydrogen) atoms. The van der Waals surface area contributed by atoms with Gasteiger partial charge >= 0.3 is 5.69 Å². The highest BCUT2D eigenvalue weighted by Crippen LogP contribution is 2.43. The van der Waals surface area contributed by atoms with Crippen molar-refractivity contribution in [2.45, 2.75) is 29.9 Å². The number of aromatic nitrogens is 2. The number of nitrogens with zero attached hydrogens (tertiary/aromatic N) is 3. The van der Waals surface area contributed by atoms with Crippen molar-refractivity contribution in [3.05, 3.63) is 79.9 Å². The molecule has 0 atom stereocenters. The SMILES string of the molecule is O=[N+]([O-])c1ccccc1Oc1nc(CSc2ccc(Cl)cc2)nc2sc3c(c12)CCC3. The van der Waals surface area contributed by atoms with E-state index < -0.39 is 4.92 Å². The van der Waals surface area contributed by atoms with Gasteiger partial charge in [-0.2, -0.15) is 4.98 Å². The molecule has 5 rings (SSSR count). The van der Waals surface area contributed by atoms with Gasteiger partial charge in [-0.25, -0.2) is 4.98 Å². The first-order valence-electron chi connectivity index (χ1n) is 9.69. The molecule has 0 saturated carbocycles. The fourth-order valence-corrected chi connectivity index (χ4v) is 5.77. The number of thiophene rings is 1. The standard InChI is InChI=1S/C22H16ClN3O3S2/c23-13-8-10-14(11-9-13)30-12-19-24-21(29-17-6-2-1-5-16(17)26(27)28)20-15-4-3-7-18(15)31-22(20)25-19/h1-2,5-6,8-11H,3-4,7,12H2. The highest BCUT2D eigenvalue weighted by Gasteiger charge is 2.25. The predicted octanol–water partition coefficient (Wildman–Crippen LogP) is 6.83. The monoisotopic (exact) mass is 469 g/mol. The summed E-state index contributed by atoms with van der Waals surface area (Å²) in [5.41, 5.74) is 1.13. The number of fused-ring (bicyclic) bond motifs is 3. The number of para-hydroxylation sites is 2. The summed E-state index contributed by atoms with van der Waals surface area (Å²) < 4.78 is 6.06. The minimum Gasteiger partial charge on any atom is -0.431 e. The number of thioether (sulfide) groups is 1. The molecule has 0 radical (unpaired) electrons. The van der Waals surface area contributed by atoms with Crippen LogP contribution in [0.5, 0.6) is 11.6 Å². The summed E-state index contributed by atoms with van der Waals surface area (Å²) in [6.07, 6.45) is 3.07. The number of rotatable bonds is 6. The number of benzene rings is 2. The molecule has 2 aromatic heterocycles. The third-order valence-electron chi connectivity index (χ3n) is 5.03. The van der Waals surface area contributed by atoms with Crippen LogP contribution in [-0.2, 0) is 18.6 Å². The van der Waals surface area contributed by atoms with Crippen molar-refractivity contribution in [3.8, 4) is 11.6 Å². The molecule has 9 heteroatoms. The Morgan fingerprint density at radius 3 is 2.74 bits per heavy atom. The molecule has 0 N–H and O–H groups in total. The molecular formula is C22H16ClN3O3S2. The first-order chi connectivity index (χ1) is 15.1. The van der Waals surface area contributed by atoms with Gasteiger partial charge in [-0.3, -0.25) is 10.1 Å². The van der Waals surface area contributed by atoms with E-state index in [-0.39, 0.29) is 11.4 Å². The van der Waals surface area contributed by atoms with Crippen LogP contribution in [0.15, 0.2) is 53.4 Å². The fraction of sp³-hybridized carbons (Fsp3) is 0.182. The largest absolute Gasteiger partial charge is 0.431 e. The second-order valence-electron chi connectivity index (χ2n) is 7.05. The average Bonchev–Trinajstić information content (AvgIpc) is 3.34. The Morgan fingerprint density at radius 2 is 1.94 bits per heavy atom. The molecular weight excluding hydrogens is 454 g/mol. The van der Waals surface area contributed by atoms with Crippen LogP contribution in [0.2, 0.25) is 5.02 Å². The normalized spacial score (nSPS) is 12.8. The van der Waals surface area contributed by atoms with E-state index in [1.54, 1.807) is 41.3 Å². The zero-order valence-electron chi connectivity index (χ0n) is 16.2. The lowest BCUT2D eigenvalue weighted by atomic mass is 10.2. The minimum atomic E-state index is -0.441. The van der Waals surface area contributed by atoms with Crippen molar-refractivity contribution >= 4 is 50.6 Å². The lowest BCUT2D eigenvalue weighted by Crippen LogP contribution is -1.99. The van der Waals surface area contributed by atoms with Gasteiger partial charge in [0, 0.05) is 20.9 Å². The fourth-order valence-electron chi connectivity index (χ4n) is 3.62. The zero-order valence-corrected chi connectivity index (χ0v) is 18.6. The molecule has 4 aromatic rings.